The Bertz CT molecular complexity index is 1250. The number of halogens is 1. The topological polar surface area (TPSA) is 60.3 Å². The van der Waals surface area contributed by atoms with Gasteiger partial charge < -0.3 is 14.6 Å². The van der Waals surface area contributed by atoms with Crippen LogP contribution in [-0.2, 0) is 11.3 Å². The predicted octanol–water partition coefficient (Wildman–Crippen LogP) is 4.66. The number of ether oxygens (including phenoxy) is 1. The molecule has 1 amide bonds. The average Bonchev–Trinajstić information content (AvgIpc) is 3.12. The Morgan fingerprint density at radius 2 is 1.73 bits per heavy atom. The molecule has 0 radical (unpaired) electrons. The molecule has 0 unspecified atom stereocenters. The number of benzene rings is 3. The second-order valence-corrected chi connectivity index (χ2v) is 6.78. The SMILES string of the molecule is COc1cccc(NC(=O)Cn2cc(C(=O)c3ccccc3F)c3ccccc32)c1. The minimum Gasteiger partial charge on any atom is -0.497 e. The molecule has 5 nitrogen and oxygen atoms in total. The minimum atomic E-state index is -0.574. The molecule has 3 aromatic carbocycles. The Labute approximate surface area is 172 Å². The van der Waals surface area contributed by atoms with E-state index in [0.29, 0.717) is 22.4 Å². The molecule has 1 heterocycles. The van der Waals surface area contributed by atoms with Crippen LogP contribution in [0.3, 0.4) is 0 Å². The zero-order valence-electron chi connectivity index (χ0n) is 16.3. The normalized spacial score (nSPS) is 10.7. The van der Waals surface area contributed by atoms with Crippen molar-refractivity contribution in [2.45, 2.75) is 6.54 Å². The van der Waals surface area contributed by atoms with Crippen LogP contribution in [0.5, 0.6) is 5.75 Å². The van der Waals surface area contributed by atoms with Crippen molar-refractivity contribution in [3.8, 4) is 5.75 Å². The highest BCUT2D eigenvalue weighted by atomic mass is 19.1. The quantitative estimate of drug-likeness (QED) is 0.477. The van der Waals surface area contributed by atoms with E-state index < -0.39 is 11.6 Å². The molecule has 1 N–H and O–H groups in total. The van der Waals surface area contributed by atoms with Crippen LogP contribution < -0.4 is 10.1 Å². The van der Waals surface area contributed by atoms with Gasteiger partial charge in [-0.05, 0) is 30.3 Å². The van der Waals surface area contributed by atoms with E-state index in [9.17, 15) is 14.0 Å². The lowest BCUT2D eigenvalue weighted by atomic mass is 10.0. The number of anilines is 1. The Kier molecular flexibility index (Phi) is 5.30. The van der Waals surface area contributed by atoms with Crippen LogP contribution in [0.1, 0.15) is 15.9 Å². The smallest absolute Gasteiger partial charge is 0.244 e. The van der Waals surface area contributed by atoms with Crippen LogP contribution in [0.25, 0.3) is 10.9 Å². The first-order valence-corrected chi connectivity index (χ1v) is 9.38. The van der Waals surface area contributed by atoms with Crippen LogP contribution in [-0.4, -0.2) is 23.4 Å². The maximum Gasteiger partial charge on any atom is 0.244 e. The first kappa shape index (κ1) is 19.4. The van der Waals surface area contributed by atoms with E-state index in [0.717, 1.165) is 5.52 Å². The number of methoxy groups -OCH3 is 1. The fourth-order valence-electron chi connectivity index (χ4n) is 3.41. The second-order valence-electron chi connectivity index (χ2n) is 6.78. The maximum absolute atomic E-state index is 14.1. The van der Waals surface area contributed by atoms with Crippen LogP contribution >= 0.6 is 0 Å². The molecule has 1 aromatic heterocycles. The number of ketones is 1. The number of carbonyl (C=O) groups is 2. The summed E-state index contributed by atoms with van der Waals surface area (Å²) in [5.41, 5.74) is 1.68. The largest absolute Gasteiger partial charge is 0.497 e. The van der Waals surface area contributed by atoms with Crippen molar-refractivity contribution in [2.24, 2.45) is 0 Å². The molecule has 6 heteroatoms. The van der Waals surface area contributed by atoms with Crippen LogP contribution in [0.15, 0.2) is 79.0 Å². The Balaban J connectivity index is 1.64. The van der Waals surface area contributed by atoms with Crippen molar-refractivity contribution >= 4 is 28.3 Å². The summed E-state index contributed by atoms with van der Waals surface area (Å²) < 4.78 is 21.0. The van der Waals surface area contributed by atoms with E-state index in [4.69, 9.17) is 4.74 Å². The van der Waals surface area contributed by atoms with Gasteiger partial charge in [0.2, 0.25) is 5.91 Å². The highest BCUT2D eigenvalue weighted by molar-refractivity contribution is 6.16. The number of aromatic nitrogens is 1. The summed E-state index contributed by atoms with van der Waals surface area (Å²) in [6.45, 7) is 0.00226. The third kappa shape index (κ3) is 3.80. The molecule has 0 bridgehead atoms. The molecular weight excluding hydrogens is 383 g/mol. The summed E-state index contributed by atoms with van der Waals surface area (Å²) in [4.78, 5) is 25.6. The fourth-order valence-corrected chi connectivity index (χ4v) is 3.41. The summed E-state index contributed by atoms with van der Waals surface area (Å²) in [6, 6.07) is 20.2. The number of hydrogen-bond acceptors (Lipinski definition) is 3. The van der Waals surface area contributed by atoms with Crippen molar-refractivity contribution in [3.05, 3.63) is 95.9 Å². The average molecular weight is 402 g/mol. The highest BCUT2D eigenvalue weighted by Gasteiger charge is 2.20. The van der Waals surface area contributed by atoms with Crippen molar-refractivity contribution in [1.82, 2.24) is 4.57 Å². The number of carbonyl (C=O) groups excluding carboxylic acids is 2. The highest BCUT2D eigenvalue weighted by Crippen LogP contribution is 2.25. The van der Waals surface area contributed by atoms with Gasteiger partial charge in [-0.2, -0.15) is 0 Å². The molecule has 4 rings (SSSR count). The summed E-state index contributed by atoms with van der Waals surface area (Å²) in [6.07, 6.45) is 1.60. The summed E-state index contributed by atoms with van der Waals surface area (Å²) in [5, 5.41) is 3.49. The third-order valence-electron chi connectivity index (χ3n) is 4.82. The van der Waals surface area contributed by atoms with Gasteiger partial charge in [-0.15, -0.1) is 0 Å². The van der Waals surface area contributed by atoms with Crippen LogP contribution in [0.4, 0.5) is 10.1 Å². The van der Waals surface area contributed by atoms with E-state index in [1.165, 1.54) is 18.2 Å². The number of nitrogens with one attached hydrogen (secondary N) is 1. The molecule has 0 aliphatic rings. The van der Waals surface area contributed by atoms with Crippen LogP contribution in [0.2, 0.25) is 0 Å². The van der Waals surface area contributed by atoms with E-state index in [1.54, 1.807) is 60.3 Å². The molecule has 0 aliphatic heterocycles. The Morgan fingerprint density at radius 3 is 2.53 bits per heavy atom. The van der Waals surface area contributed by atoms with Gasteiger partial charge in [0.1, 0.15) is 18.1 Å². The van der Waals surface area contributed by atoms with Crippen molar-refractivity contribution < 1.29 is 18.7 Å². The van der Waals surface area contributed by atoms with Gasteiger partial charge in [-0.25, -0.2) is 4.39 Å². The first-order valence-electron chi connectivity index (χ1n) is 9.38. The Morgan fingerprint density at radius 1 is 0.967 bits per heavy atom. The minimum absolute atomic E-state index is 0.00114. The fraction of sp³-hybridized carbons (Fsp3) is 0.0833. The van der Waals surface area contributed by atoms with Gasteiger partial charge in [0.25, 0.3) is 0 Å². The number of fused-ring (bicyclic) bond motifs is 1. The molecule has 30 heavy (non-hydrogen) atoms. The molecule has 4 aromatic rings. The lowest BCUT2D eigenvalue weighted by Crippen LogP contribution is -2.18. The molecule has 0 spiro atoms. The number of rotatable bonds is 6. The lowest BCUT2D eigenvalue weighted by molar-refractivity contribution is -0.116. The zero-order chi connectivity index (χ0) is 21.1. The van der Waals surface area contributed by atoms with Gasteiger partial charge in [-0.3, -0.25) is 9.59 Å². The third-order valence-corrected chi connectivity index (χ3v) is 4.82. The van der Waals surface area contributed by atoms with E-state index in [2.05, 4.69) is 5.32 Å². The lowest BCUT2D eigenvalue weighted by Gasteiger charge is -2.08. The molecule has 0 saturated heterocycles. The number of amides is 1. The standard InChI is InChI=1S/C24H19FN2O3/c1-30-17-8-6-7-16(13-17)26-23(28)15-27-14-20(18-9-3-5-12-22(18)27)24(29)19-10-2-4-11-21(19)25/h2-14H,15H2,1H3,(H,26,28). The van der Waals surface area contributed by atoms with Gasteiger partial charge in [0.05, 0.1) is 12.7 Å². The molecule has 0 atom stereocenters. The van der Waals surface area contributed by atoms with Gasteiger partial charge >= 0.3 is 0 Å². The van der Waals surface area contributed by atoms with Gasteiger partial charge in [-0.1, -0.05) is 36.4 Å². The number of nitrogens with zero attached hydrogens (tertiary/aromatic N) is 1. The summed E-state index contributed by atoms with van der Waals surface area (Å²) in [7, 11) is 1.56. The molecule has 150 valence electrons. The van der Waals surface area contributed by atoms with Crippen molar-refractivity contribution in [1.29, 1.82) is 0 Å². The van der Waals surface area contributed by atoms with Crippen molar-refractivity contribution in [2.75, 3.05) is 12.4 Å². The van der Waals surface area contributed by atoms with Crippen molar-refractivity contribution in [3.63, 3.8) is 0 Å². The molecule has 0 saturated carbocycles. The second kappa shape index (κ2) is 8.21. The number of hydrogen-bond donors (Lipinski definition) is 1. The maximum atomic E-state index is 14.1. The van der Waals surface area contributed by atoms with Gasteiger partial charge in [0, 0.05) is 34.4 Å². The summed E-state index contributed by atoms with van der Waals surface area (Å²) in [5.74, 6) is -0.614. The Hall–Kier alpha value is -3.93. The zero-order valence-corrected chi connectivity index (χ0v) is 16.3. The van der Waals surface area contributed by atoms with Crippen LogP contribution in [0, 0.1) is 5.82 Å². The predicted molar refractivity (Wildman–Crippen MR) is 113 cm³/mol. The van der Waals surface area contributed by atoms with E-state index in [1.807, 2.05) is 12.1 Å². The van der Waals surface area contributed by atoms with E-state index in [-0.39, 0.29) is 18.0 Å². The molecule has 0 fully saturated rings. The monoisotopic (exact) mass is 402 g/mol. The number of para-hydroxylation sites is 1. The van der Waals surface area contributed by atoms with E-state index >= 15 is 0 Å². The summed E-state index contributed by atoms with van der Waals surface area (Å²) >= 11 is 0. The first-order chi connectivity index (χ1) is 14.6. The molecular formula is C24H19FN2O3. The van der Waals surface area contributed by atoms with Gasteiger partial charge in [0.15, 0.2) is 5.78 Å². The molecule has 0 aliphatic carbocycles.